The predicted octanol–water partition coefficient (Wildman–Crippen LogP) is 3.01. The van der Waals surface area contributed by atoms with E-state index in [0.29, 0.717) is 5.69 Å². The molecule has 0 saturated heterocycles. The molecule has 4 nitrogen and oxygen atoms in total. The van der Waals surface area contributed by atoms with Crippen LogP contribution in [0.15, 0.2) is 41.6 Å². The smallest absolute Gasteiger partial charge is 0.274 e. The summed E-state index contributed by atoms with van der Waals surface area (Å²) >= 11 is 1.64. The Morgan fingerprint density at radius 3 is 2.89 bits per heavy atom. The van der Waals surface area contributed by atoms with Gasteiger partial charge in [0.15, 0.2) is 0 Å². The van der Waals surface area contributed by atoms with E-state index in [1.54, 1.807) is 17.8 Å². The van der Waals surface area contributed by atoms with Gasteiger partial charge in [0.1, 0.15) is 12.0 Å². The number of nitrogens with zero attached hydrogens (tertiary/aromatic N) is 2. The van der Waals surface area contributed by atoms with Crippen molar-refractivity contribution in [3.8, 4) is 0 Å². The average Bonchev–Trinajstić information content (AvgIpc) is 2.47. The Morgan fingerprint density at radius 1 is 1.32 bits per heavy atom. The van der Waals surface area contributed by atoms with Gasteiger partial charge in [-0.2, -0.15) is 0 Å². The van der Waals surface area contributed by atoms with Crippen LogP contribution in [0.5, 0.6) is 0 Å². The number of benzene rings is 1. The van der Waals surface area contributed by atoms with Crippen LogP contribution in [0.2, 0.25) is 0 Å². The van der Waals surface area contributed by atoms with Crippen molar-refractivity contribution in [3.05, 3.63) is 48.0 Å². The number of anilines is 1. The molecule has 0 fully saturated rings. The molecule has 0 spiro atoms. The van der Waals surface area contributed by atoms with Gasteiger partial charge in [-0.1, -0.05) is 13.0 Å². The second-order valence-corrected chi connectivity index (χ2v) is 4.81. The number of amides is 1. The van der Waals surface area contributed by atoms with Crippen molar-refractivity contribution in [2.45, 2.75) is 18.2 Å². The summed E-state index contributed by atoms with van der Waals surface area (Å²) in [5, 5.41) is 2.84. The van der Waals surface area contributed by atoms with Crippen LogP contribution in [0.1, 0.15) is 23.1 Å². The lowest BCUT2D eigenvalue weighted by atomic mass is 10.2. The molecule has 0 aliphatic carbocycles. The summed E-state index contributed by atoms with van der Waals surface area (Å²) in [7, 11) is 0. The van der Waals surface area contributed by atoms with E-state index < -0.39 is 0 Å². The van der Waals surface area contributed by atoms with Gasteiger partial charge in [0.2, 0.25) is 0 Å². The van der Waals surface area contributed by atoms with Crippen molar-refractivity contribution >= 4 is 23.4 Å². The van der Waals surface area contributed by atoms with Crippen molar-refractivity contribution in [2.24, 2.45) is 0 Å². The van der Waals surface area contributed by atoms with Gasteiger partial charge in [-0.15, -0.1) is 11.8 Å². The predicted molar refractivity (Wildman–Crippen MR) is 77.6 cm³/mol. The summed E-state index contributed by atoms with van der Waals surface area (Å²) < 4.78 is 0. The lowest BCUT2D eigenvalue weighted by molar-refractivity contribution is 0.102. The molecule has 5 heteroatoms. The minimum Gasteiger partial charge on any atom is -0.321 e. The number of rotatable bonds is 4. The van der Waals surface area contributed by atoms with Gasteiger partial charge in [-0.3, -0.25) is 4.79 Å². The molecule has 1 N–H and O–H groups in total. The minimum atomic E-state index is -0.213. The van der Waals surface area contributed by atoms with Gasteiger partial charge in [-0.05, 0) is 36.9 Å². The van der Waals surface area contributed by atoms with Crippen LogP contribution >= 0.6 is 11.8 Å². The zero-order valence-corrected chi connectivity index (χ0v) is 11.7. The molecule has 0 aliphatic rings. The molecule has 0 aliphatic heterocycles. The Morgan fingerprint density at radius 2 is 2.16 bits per heavy atom. The standard InChI is InChI=1S/C14H15N3OS/c1-3-10-8-13(16-9-15-10)14(18)17-11-5-4-6-12(7-11)19-2/h4-9H,3H2,1-2H3,(H,17,18). The monoisotopic (exact) mass is 273 g/mol. The Kier molecular flexibility index (Phi) is 4.52. The van der Waals surface area contributed by atoms with Gasteiger partial charge in [0.25, 0.3) is 5.91 Å². The van der Waals surface area contributed by atoms with Crippen LogP contribution in [0.4, 0.5) is 5.69 Å². The fourth-order valence-electron chi connectivity index (χ4n) is 1.61. The van der Waals surface area contributed by atoms with Crippen LogP contribution in [0, 0.1) is 0 Å². The van der Waals surface area contributed by atoms with Gasteiger partial charge >= 0.3 is 0 Å². The van der Waals surface area contributed by atoms with E-state index in [-0.39, 0.29) is 5.91 Å². The Hall–Kier alpha value is -1.88. The molecule has 1 amide bonds. The number of aryl methyl sites for hydroxylation is 1. The molecule has 0 saturated carbocycles. The van der Waals surface area contributed by atoms with Crippen LogP contribution in [-0.2, 0) is 6.42 Å². The number of thioether (sulfide) groups is 1. The van der Waals surface area contributed by atoms with Crippen molar-refractivity contribution in [3.63, 3.8) is 0 Å². The number of aromatic nitrogens is 2. The number of hydrogen-bond acceptors (Lipinski definition) is 4. The highest BCUT2D eigenvalue weighted by Gasteiger charge is 2.08. The summed E-state index contributed by atoms with van der Waals surface area (Å²) in [6.45, 7) is 1.99. The van der Waals surface area contributed by atoms with E-state index in [1.807, 2.05) is 37.4 Å². The largest absolute Gasteiger partial charge is 0.321 e. The first-order valence-electron chi connectivity index (χ1n) is 5.99. The topological polar surface area (TPSA) is 54.9 Å². The highest BCUT2D eigenvalue weighted by molar-refractivity contribution is 7.98. The maximum atomic E-state index is 12.1. The molecule has 0 unspecified atom stereocenters. The van der Waals surface area contributed by atoms with E-state index in [1.165, 1.54) is 6.33 Å². The third-order valence-corrected chi connectivity index (χ3v) is 3.37. The van der Waals surface area contributed by atoms with E-state index in [9.17, 15) is 4.79 Å². The molecule has 1 heterocycles. The summed E-state index contributed by atoms with van der Waals surface area (Å²) in [4.78, 5) is 21.3. The van der Waals surface area contributed by atoms with E-state index in [2.05, 4.69) is 15.3 Å². The summed E-state index contributed by atoms with van der Waals surface area (Å²) in [6, 6.07) is 9.43. The Balaban J connectivity index is 2.15. The van der Waals surface area contributed by atoms with Crippen molar-refractivity contribution < 1.29 is 4.79 Å². The SMILES string of the molecule is CCc1cc(C(=O)Nc2cccc(SC)c2)ncn1. The lowest BCUT2D eigenvalue weighted by Crippen LogP contribution is -2.14. The molecule has 98 valence electrons. The second kappa shape index (κ2) is 6.33. The van der Waals surface area contributed by atoms with Gasteiger partial charge in [0.05, 0.1) is 0 Å². The van der Waals surface area contributed by atoms with Crippen LogP contribution in [0.25, 0.3) is 0 Å². The first kappa shape index (κ1) is 13.5. The fourth-order valence-corrected chi connectivity index (χ4v) is 2.07. The Labute approximate surface area is 116 Å². The van der Waals surface area contributed by atoms with Crippen molar-refractivity contribution in [1.82, 2.24) is 9.97 Å². The molecule has 0 radical (unpaired) electrons. The van der Waals surface area contributed by atoms with Gasteiger partial charge in [-0.25, -0.2) is 9.97 Å². The molecule has 1 aromatic carbocycles. The van der Waals surface area contributed by atoms with E-state index in [0.717, 1.165) is 22.7 Å². The molecule has 2 rings (SSSR count). The molecule has 0 atom stereocenters. The highest BCUT2D eigenvalue weighted by Crippen LogP contribution is 2.19. The molecule has 0 bridgehead atoms. The summed E-state index contributed by atoms with van der Waals surface area (Å²) in [5.41, 5.74) is 2.02. The normalized spacial score (nSPS) is 10.2. The zero-order chi connectivity index (χ0) is 13.7. The maximum Gasteiger partial charge on any atom is 0.274 e. The molecule has 2 aromatic rings. The minimum absolute atomic E-state index is 0.213. The van der Waals surface area contributed by atoms with Gasteiger partial charge in [0, 0.05) is 16.3 Å². The van der Waals surface area contributed by atoms with Crippen molar-refractivity contribution in [2.75, 3.05) is 11.6 Å². The number of carbonyl (C=O) groups excluding carboxylic acids is 1. The summed E-state index contributed by atoms with van der Waals surface area (Å²) in [6.07, 6.45) is 4.20. The summed E-state index contributed by atoms with van der Waals surface area (Å²) in [5.74, 6) is -0.213. The molecular formula is C14H15N3OS. The van der Waals surface area contributed by atoms with Crippen LogP contribution in [-0.4, -0.2) is 22.1 Å². The quantitative estimate of drug-likeness (QED) is 0.870. The molecule has 19 heavy (non-hydrogen) atoms. The van der Waals surface area contributed by atoms with Crippen LogP contribution < -0.4 is 5.32 Å². The maximum absolute atomic E-state index is 12.1. The van der Waals surface area contributed by atoms with Crippen molar-refractivity contribution in [1.29, 1.82) is 0 Å². The lowest BCUT2D eigenvalue weighted by Gasteiger charge is -2.06. The highest BCUT2D eigenvalue weighted by atomic mass is 32.2. The average molecular weight is 273 g/mol. The first-order chi connectivity index (χ1) is 9.22. The molecular weight excluding hydrogens is 258 g/mol. The van der Waals surface area contributed by atoms with E-state index >= 15 is 0 Å². The van der Waals surface area contributed by atoms with Gasteiger partial charge < -0.3 is 5.32 Å². The third kappa shape index (κ3) is 3.54. The number of hydrogen-bond donors (Lipinski definition) is 1. The number of nitrogens with one attached hydrogen (secondary N) is 1. The van der Waals surface area contributed by atoms with E-state index in [4.69, 9.17) is 0 Å². The fraction of sp³-hybridized carbons (Fsp3) is 0.214. The first-order valence-corrected chi connectivity index (χ1v) is 7.21. The molecule has 1 aromatic heterocycles. The number of carbonyl (C=O) groups is 1. The third-order valence-electron chi connectivity index (χ3n) is 2.65. The zero-order valence-electron chi connectivity index (χ0n) is 10.9. The van der Waals surface area contributed by atoms with Crippen LogP contribution in [0.3, 0.4) is 0 Å². The second-order valence-electron chi connectivity index (χ2n) is 3.93. The Bertz CT molecular complexity index is 586.